The quantitative estimate of drug-likeness (QED) is 0.827. The highest BCUT2D eigenvalue weighted by molar-refractivity contribution is 5.91. The van der Waals surface area contributed by atoms with Gasteiger partial charge in [0.25, 0.3) is 0 Å². The number of nitrogens with one attached hydrogen (secondary N) is 1. The molecule has 1 aromatic heterocycles. The number of amides is 1. The van der Waals surface area contributed by atoms with Crippen molar-refractivity contribution in [3.8, 4) is 0 Å². The molecule has 1 heterocycles. The highest BCUT2D eigenvalue weighted by atomic mass is 16.5. The first kappa shape index (κ1) is 13.5. The summed E-state index contributed by atoms with van der Waals surface area (Å²) in [7, 11) is 0. The van der Waals surface area contributed by atoms with E-state index in [9.17, 15) is 9.59 Å². The predicted molar refractivity (Wildman–Crippen MR) is 70.8 cm³/mol. The fraction of sp³-hybridized carbons (Fsp3) is 0.500. The average Bonchev–Trinajstić information content (AvgIpc) is 2.35. The molecule has 1 aliphatic rings. The van der Waals surface area contributed by atoms with Crippen molar-refractivity contribution in [2.24, 2.45) is 5.92 Å². The maximum Gasteiger partial charge on any atom is 0.356 e. The summed E-state index contributed by atoms with van der Waals surface area (Å²) in [5.41, 5.74) is 0.858. The Labute approximate surface area is 112 Å². The normalized spacial score (nSPS) is 14.6. The number of pyridine rings is 1. The van der Waals surface area contributed by atoms with Gasteiger partial charge in [-0.25, -0.2) is 9.78 Å². The van der Waals surface area contributed by atoms with Crippen LogP contribution < -0.4 is 5.32 Å². The molecule has 1 fully saturated rings. The van der Waals surface area contributed by atoms with E-state index in [0.717, 1.165) is 12.8 Å². The van der Waals surface area contributed by atoms with Gasteiger partial charge in [0.05, 0.1) is 18.5 Å². The summed E-state index contributed by atoms with van der Waals surface area (Å²) in [6.45, 7) is 2.06. The zero-order valence-electron chi connectivity index (χ0n) is 11.0. The molecule has 1 amide bonds. The zero-order chi connectivity index (χ0) is 13.7. The second-order valence-corrected chi connectivity index (χ2v) is 4.70. The van der Waals surface area contributed by atoms with E-state index in [0.29, 0.717) is 24.6 Å². The van der Waals surface area contributed by atoms with E-state index in [1.165, 1.54) is 12.6 Å². The number of aromatic nitrogens is 1. The SMILES string of the molecule is CCOC(=O)c1ccc(NC(=O)CC2CCC2)cn1. The number of esters is 1. The molecule has 0 saturated heterocycles. The van der Waals surface area contributed by atoms with E-state index in [-0.39, 0.29) is 11.6 Å². The van der Waals surface area contributed by atoms with Gasteiger partial charge in [-0.05, 0) is 37.8 Å². The predicted octanol–water partition coefficient (Wildman–Crippen LogP) is 2.39. The molecule has 1 N–H and O–H groups in total. The van der Waals surface area contributed by atoms with E-state index in [4.69, 9.17) is 4.74 Å². The van der Waals surface area contributed by atoms with E-state index < -0.39 is 5.97 Å². The van der Waals surface area contributed by atoms with E-state index in [2.05, 4.69) is 10.3 Å². The van der Waals surface area contributed by atoms with Crippen LogP contribution >= 0.6 is 0 Å². The lowest BCUT2D eigenvalue weighted by molar-refractivity contribution is -0.117. The van der Waals surface area contributed by atoms with Crippen LogP contribution in [0, 0.1) is 5.92 Å². The van der Waals surface area contributed by atoms with Crippen molar-refractivity contribution in [2.75, 3.05) is 11.9 Å². The van der Waals surface area contributed by atoms with Crippen LogP contribution in [0.5, 0.6) is 0 Å². The number of anilines is 1. The summed E-state index contributed by atoms with van der Waals surface area (Å²) in [6.07, 6.45) is 5.57. The van der Waals surface area contributed by atoms with Crippen molar-refractivity contribution in [1.29, 1.82) is 0 Å². The van der Waals surface area contributed by atoms with Crippen molar-refractivity contribution < 1.29 is 14.3 Å². The van der Waals surface area contributed by atoms with Gasteiger partial charge >= 0.3 is 5.97 Å². The third-order valence-corrected chi connectivity index (χ3v) is 3.23. The maximum atomic E-state index is 11.7. The van der Waals surface area contributed by atoms with Gasteiger partial charge in [-0.3, -0.25) is 4.79 Å². The van der Waals surface area contributed by atoms with Gasteiger partial charge in [0.2, 0.25) is 5.91 Å². The number of hydrogen-bond donors (Lipinski definition) is 1. The number of hydrogen-bond acceptors (Lipinski definition) is 4. The Hall–Kier alpha value is -1.91. The Bertz CT molecular complexity index is 452. The second kappa shape index (κ2) is 6.31. The molecule has 2 rings (SSSR count). The Balaban J connectivity index is 1.87. The van der Waals surface area contributed by atoms with Crippen molar-refractivity contribution in [3.05, 3.63) is 24.0 Å². The molecule has 0 unspecified atom stereocenters. The number of carbonyl (C=O) groups is 2. The number of nitrogens with zero attached hydrogens (tertiary/aromatic N) is 1. The molecule has 1 aromatic rings. The Kier molecular flexibility index (Phi) is 4.49. The fourth-order valence-corrected chi connectivity index (χ4v) is 1.96. The Morgan fingerprint density at radius 1 is 1.42 bits per heavy atom. The molecule has 19 heavy (non-hydrogen) atoms. The van der Waals surface area contributed by atoms with Crippen LogP contribution in [0.3, 0.4) is 0 Å². The molecule has 5 nitrogen and oxygen atoms in total. The summed E-state index contributed by atoms with van der Waals surface area (Å²) in [4.78, 5) is 27.1. The van der Waals surface area contributed by atoms with Crippen LogP contribution in [-0.2, 0) is 9.53 Å². The summed E-state index contributed by atoms with van der Waals surface area (Å²) >= 11 is 0. The van der Waals surface area contributed by atoms with Crippen molar-refractivity contribution in [3.63, 3.8) is 0 Å². The molecule has 102 valence electrons. The summed E-state index contributed by atoms with van der Waals surface area (Å²) in [6, 6.07) is 3.22. The van der Waals surface area contributed by atoms with E-state index >= 15 is 0 Å². The van der Waals surface area contributed by atoms with Gasteiger partial charge in [-0.2, -0.15) is 0 Å². The third-order valence-electron chi connectivity index (χ3n) is 3.23. The molecule has 5 heteroatoms. The molecule has 0 radical (unpaired) electrons. The maximum absolute atomic E-state index is 11.7. The molecule has 1 aliphatic carbocycles. The van der Waals surface area contributed by atoms with E-state index in [1.54, 1.807) is 19.1 Å². The summed E-state index contributed by atoms with van der Waals surface area (Å²) in [5, 5.41) is 2.79. The summed E-state index contributed by atoms with van der Waals surface area (Å²) < 4.78 is 4.83. The molecule has 0 aliphatic heterocycles. The van der Waals surface area contributed by atoms with Crippen LogP contribution in [0.2, 0.25) is 0 Å². The molecule has 0 spiro atoms. The monoisotopic (exact) mass is 262 g/mol. The molecule has 0 aromatic carbocycles. The van der Waals surface area contributed by atoms with Gasteiger partial charge < -0.3 is 10.1 Å². The minimum Gasteiger partial charge on any atom is -0.461 e. The first-order valence-electron chi connectivity index (χ1n) is 6.62. The summed E-state index contributed by atoms with van der Waals surface area (Å²) in [5.74, 6) is 0.0944. The standard InChI is InChI=1S/C14H18N2O3/c1-2-19-14(18)12-7-6-11(9-15-12)16-13(17)8-10-4-3-5-10/h6-7,9-10H,2-5,8H2,1H3,(H,16,17). The first-order valence-corrected chi connectivity index (χ1v) is 6.62. The largest absolute Gasteiger partial charge is 0.461 e. The van der Waals surface area contributed by atoms with Crippen LogP contribution in [0.4, 0.5) is 5.69 Å². The van der Waals surface area contributed by atoms with E-state index in [1.807, 2.05) is 0 Å². The zero-order valence-corrected chi connectivity index (χ0v) is 11.0. The van der Waals surface area contributed by atoms with Crippen LogP contribution in [0.25, 0.3) is 0 Å². The van der Waals surface area contributed by atoms with Gasteiger partial charge in [0.1, 0.15) is 5.69 Å². The lowest BCUT2D eigenvalue weighted by atomic mass is 9.83. The molecular weight excluding hydrogens is 244 g/mol. The van der Waals surface area contributed by atoms with Gasteiger partial charge in [-0.15, -0.1) is 0 Å². The lowest BCUT2D eigenvalue weighted by Gasteiger charge is -2.24. The van der Waals surface area contributed by atoms with Crippen LogP contribution in [-0.4, -0.2) is 23.5 Å². The molecule has 1 saturated carbocycles. The topological polar surface area (TPSA) is 68.3 Å². The minimum absolute atomic E-state index is 0.00962. The minimum atomic E-state index is -0.449. The third kappa shape index (κ3) is 3.77. The fourth-order valence-electron chi connectivity index (χ4n) is 1.96. The van der Waals surface area contributed by atoms with Crippen molar-refractivity contribution in [2.45, 2.75) is 32.6 Å². The van der Waals surface area contributed by atoms with Gasteiger partial charge in [0.15, 0.2) is 0 Å². The number of rotatable bonds is 5. The Morgan fingerprint density at radius 3 is 2.74 bits per heavy atom. The average molecular weight is 262 g/mol. The van der Waals surface area contributed by atoms with Gasteiger partial charge in [0, 0.05) is 6.42 Å². The number of carbonyl (C=O) groups excluding carboxylic acids is 2. The molecule has 0 bridgehead atoms. The van der Waals surface area contributed by atoms with Crippen molar-refractivity contribution >= 4 is 17.6 Å². The van der Waals surface area contributed by atoms with Crippen LogP contribution in [0.1, 0.15) is 43.1 Å². The lowest BCUT2D eigenvalue weighted by Crippen LogP contribution is -2.21. The second-order valence-electron chi connectivity index (χ2n) is 4.70. The Morgan fingerprint density at radius 2 is 2.21 bits per heavy atom. The highest BCUT2D eigenvalue weighted by Gasteiger charge is 2.20. The van der Waals surface area contributed by atoms with Gasteiger partial charge in [-0.1, -0.05) is 6.42 Å². The van der Waals surface area contributed by atoms with Crippen molar-refractivity contribution in [1.82, 2.24) is 4.98 Å². The smallest absolute Gasteiger partial charge is 0.356 e. The first-order chi connectivity index (χ1) is 9.19. The molecule has 0 atom stereocenters. The number of ether oxygens (including phenoxy) is 1. The highest BCUT2D eigenvalue weighted by Crippen LogP contribution is 2.29. The van der Waals surface area contributed by atoms with Crippen LogP contribution in [0.15, 0.2) is 18.3 Å². The molecular formula is C14H18N2O3.